The van der Waals surface area contributed by atoms with E-state index in [9.17, 15) is 29.3 Å². The number of non-ortho nitro benzene ring substituents is 1. The van der Waals surface area contributed by atoms with Crippen LogP contribution in [0.1, 0.15) is 27.1 Å². The number of amides is 2. The number of hydrogen-bond acceptors (Lipinski definition) is 7. The lowest BCUT2D eigenvalue weighted by molar-refractivity contribution is -0.384. The van der Waals surface area contributed by atoms with Crippen molar-refractivity contribution in [2.75, 3.05) is 23.4 Å². The van der Waals surface area contributed by atoms with Gasteiger partial charge < -0.3 is 15.0 Å². The van der Waals surface area contributed by atoms with E-state index in [1.165, 1.54) is 53.4 Å². The molecule has 3 aromatic carbocycles. The van der Waals surface area contributed by atoms with Crippen molar-refractivity contribution in [3.63, 3.8) is 0 Å². The zero-order valence-electron chi connectivity index (χ0n) is 19.3. The molecular formula is C26H20BrN3O7. The van der Waals surface area contributed by atoms with Crippen LogP contribution in [0.3, 0.4) is 0 Å². The number of carbonyl (C=O) groups is 4. The Labute approximate surface area is 219 Å². The van der Waals surface area contributed by atoms with Crippen molar-refractivity contribution < 1.29 is 28.8 Å². The van der Waals surface area contributed by atoms with Crippen LogP contribution in [-0.4, -0.2) is 41.6 Å². The Balaban J connectivity index is 1.30. The molecule has 4 rings (SSSR count). The van der Waals surface area contributed by atoms with Crippen molar-refractivity contribution in [3.8, 4) is 0 Å². The molecule has 1 aliphatic rings. The van der Waals surface area contributed by atoms with Gasteiger partial charge in [0.25, 0.3) is 5.69 Å². The molecular weight excluding hydrogens is 546 g/mol. The first-order valence-corrected chi connectivity index (χ1v) is 11.9. The minimum Gasteiger partial charge on any atom is -0.454 e. The maximum atomic E-state index is 12.7. The highest BCUT2D eigenvalue weighted by Gasteiger charge is 2.35. The number of nitrogens with one attached hydrogen (secondary N) is 1. The summed E-state index contributed by atoms with van der Waals surface area (Å²) in [7, 11) is 0. The molecule has 1 N–H and O–H groups in total. The summed E-state index contributed by atoms with van der Waals surface area (Å²) >= 11 is 3.29. The Morgan fingerprint density at radius 1 is 0.973 bits per heavy atom. The molecule has 1 fully saturated rings. The molecule has 1 heterocycles. The summed E-state index contributed by atoms with van der Waals surface area (Å²) in [5, 5.41) is 13.6. The molecule has 0 aliphatic carbocycles. The number of hydrogen-bond donors (Lipinski definition) is 1. The molecule has 0 unspecified atom stereocenters. The molecule has 1 saturated heterocycles. The fourth-order valence-corrected chi connectivity index (χ4v) is 4.02. The van der Waals surface area contributed by atoms with Crippen LogP contribution in [0.4, 0.5) is 17.1 Å². The summed E-state index contributed by atoms with van der Waals surface area (Å²) in [6.07, 6.45) is -0.000371. The summed E-state index contributed by atoms with van der Waals surface area (Å²) in [6, 6.07) is 18.2. The van der Waals surface area contributed by atoms with Gasteiger partial charge in [0.2, 0.25) is 11.8 Å². The van der Waals surface area contributed by atoms with Crippen LogP contribution in [0, 0.1) is 16.0 Å². The molecule has 10 nitrogen and oxygen atoms in total. The Morgan fingerprint density at radius 3 is 2.22 bits per heavy atom. The number of halogens is 1. The van der Waals surface area contributed by atoms with Gasteiger partial charge in [0, 0.05) is 46.5 Å². The van der Waals surface area contributed by atoms with Crippen LogP contribution in [-0.2, 0) is 14.3 Å². The van der Waals surface area contributed by atoms with Gasteiger partial charge in [0.1, 0.15) is 0 Å². The topological polar surface area (TPSA) is 136 Å². The predicted molar refractivity (Wildman–Crippen MR) is 137 cm³/mol. The fraction of sp³-hybridized carbons (Fsp3) is 0.154. The number of rotatable bonds is 8. The normalized spacial score (nSPS) is 14.8. The third-order valence-electron chi connectivity index (χ3n) is 5.76. The van der Waals surface area contributed by atoms with Gasteiger partial charge in [-0.2, -0.15) is 0 Å². The number of Topliss-reactive ketones (excluding diaryl/α,β-unsaturated/α-hetero) is 1. The molecule has 0 spiro atoms. The monoisotopic (exact) mass is 565 g/mol. The first kappa shape index (κ1) is 25.7. The van der Waals surface area contributed by atoms with Crippen molar-refractivity contribution in [1.29, 1.82) is 0 Å². The highest BCUT2D eigenvalue weighted by molar-refractivity contribution is 9.10. The highest BCUT2D eigenvalue weighted by atomic mass is 79.9. The Bertz CT molecular complexity index is 1360. The summed E-state index contributed by atoms with van der Waals surface area (Å²) in [5.41, 5.74) is 1.45. The standard InChI is InChI=1S/C26H20BrN3O7/c27-19-5-1-16(2-6-19)23(31)15-37-26(34)17-3-7-20(8-4-17)28-25(33)18-13-24(32)29(14-18)21-9-11-22(12-10-21)30(35)36/h1-12,18H,13-15H2,(H,28,33)/t18-/m0/s1. The van der Waals surface area contributed by atoms with Crippen molar-refractivity contribution >= 4 is 56.6 Å². The smallest absolute Gasteiger partial charge is 0.338 e. The van der Waals surface area contributed by atoms with Crippen LogP contribution >= 0.6 is 15.9 Å². The minimum atomic E-state index is -0.677. The number of carbonyl (C=O) groups excluding carboxylic acids is 4. The van der Waals surface area contributed by atoms with Crippen LogP contribution in [0.15, 0.2) is 77.3 Å². The van der Waals surface area contributed by atoms with Gasteiger partial charge in [-0.25, -0.2) is 4.79 Å². The number of ketones is 1. The van der Waals surface area contributed by atoms with Gasteiger partial charge in [-0.1, -0.05) is 28.1 Å². The second kappa shape index (κ2) is 11.1. The average molecular weight is 566 g/mol. The third kappa shape index (κ3) is 6.25. The van der Waals surface area contributed by atoms with E-state index in [4.69, 9.17) is 4.74 Å². The number of ether oxygens (including phenoxy) is 1. The minimum absolute atomic E-state index is 0.000371. The summed E-state index contributed by atoms with van der Waals surface area (Å²) in [6.45, 7) is -0.265. The Hall–Kier alpha value is -4.38. The number of anilines is 2. The van der Waals surface area contributed by atoms with Crippen LogP contribution in [0.5, 0.6) is 0 Å². The van der Waals surface area contributed by atoms with Gasteiger partial charge in [0.05, 0.1) is 16.4 Å². The number of esters is 1. The third-order valence-corrected chi connectivity index (χ3v) is 6.29. The van der Waals surface area contributed by atoms with Crippen molar-refractivity contribution in [3.05, 3.63) is 98.5 Å². The van der Waals surface area contributed by atoms with E-state index >= 15 is 0 Å². The second-order valence-electron chi connectivity index (χ2n) is 8.25. The first-order valence-electron chi connectivity index (χ1n) is 11.1. The lowest BCUT2D eigenvalue weighted by atomic mass is 10.1. The van der Waals surface area contributed by atoms with Crippen LogP contribution in [0.2, 0.25) is 0 Å². The maximum Gasteiger partial charge on any atom is 0.338 e. The van der Waals surface area contributed by atoms with Gasteiger partial charge in [-0.15, -0.1) is 0 Å². The van der Waals surface area contributed by atoms with E-state index < -0.39 is 23.4 Å². The molecule has 3 aromatic rings. The molecule has 0 bridgehead atoms. The quantitative estimate of drug-likeness (QED) is 0.185. The van der Waals surface area contributed by atoms with E-state index in [1.807, 2.05) is 0 Å². The molecule has 188 valence electrons. The largest absolute Gasteiger partial charge is 0.454 e. The molecule has 2 amide bonds. The molecule has 1 atom stereocenters. The Morgan fingerprint density at radius 2 is 1.59 bits per heavy atom. The molecule has 1 aliphatic heterocycles. The Kier molecular flexibility index (Phi) is 7.73. The zero-order valence-corrected chi connectivity index (χ0v) is 20.8. The van der Waals surface area contributed by atoms with E-state index in [0.717, 1.165) is 4.47 Å². The number of nitrogens with zero attached hydrogens (tertiary/aromatic N) is 2. The lowest BCUT2D eigenvalue weighted by Crippen LogP contribution is -2.28. The summed E-state index contributed by atoms with van der Waals surface area (Å²) < 4.78 is 5.92. The first-order chi connectivity index (χ1) is 17.7. The number of nitro benzene ring substituents is 1. The van der Waals surface area contributed by atoms with Crippen molar-refractivity contribution in [1.82, 2.24) is 0 Å². The van der Waals surface area contributed by atoms with Crippen LogP contribution in [0.25, 0.3) is 0 Å². The molecule has 0 saturated carbocycles. The van der Waals surface area contributed by atoms with Gasteiger partial charge in [-0.05, 0) is 48.5 Å². The fourth-order valence-electron chi connectivity index (χ4n) is 3.75. The number of benzene rings is 3. The van der Waals surface area contributed by atoms with E-state index in [2.05, 4.69) is 21.2 Å². The molecule has 11 heteroatoms. The predicted octanol–water partition coefficient (Wildman–Crippen LogP) is 4.39. The van der Waals surface area contributed by atoms with Gasteiger partial charge >= 0.3 is 5.97 Å². The molecule has 37 heavy (non-hydrogen) atoms. The van der Waals surface area contributed by atoms with Gasteiger partial charge in [-0.3, -0.25) is 24.5 Å². The van der Waals surface area contributed by atoms with E-state index in [1.54, 1.807) is 24.3 Å². The van der Waals surface area contributed by atoms with E-state index in [0.29, 0.717) is 16.9 Å². The summed E-state index contributed by atoms with van der Waals surface area (Å²) in [4.78, 5) is 61.3. The average Bonchev–Trinajstić information content (AvgIpc) is 3.29. The SMILES string of the molecule is O=C(COC(=O)c1ccc(NC(=O)[C@H]2CC(=O)N(c3ccc([N+](=O)[O-])cc3)C2)cc1)c1ccc(Br)cc1. The molecule has 0 radical (unpaired) electrons. The van der Waals surface area contributed by atoms with E-state index in [-0.39, 0.29) is 41.8 Å². The molecule has 0 aromatic heterocycles. The van der Waals surface area contributed by atoms with Crippen molar-refractivity contribution in [2.24, 2.45) is 5.92 Å². The number of nitro groups is 1. The highest BCUT2D eigenvalue weighted by Crippen LogP contribution is 2.27. The lowest BCUT2D eigenvalue weighted by Gasteiger charge is -2.16. The zero-order chi connectivity index (χ0) is 26.5. The maximum absolute atomic E-state index is 12.7. The summed E-state index contributed by atoms with van der Waals surface area (Å²) in [5.74, 6) is -2.25. The second-order valence-corrected chi connectivity index (χ2v) is 9.17. The van der Waals surface area contributed by atoms with Crippen molar-refractivity contribution in [2.45, 2.75) is 6.42 Å². The van der Waals surface area contributed by atoms with Crippen LogP contribution < -0.4 is 10.2 Å². The van der Waals surface area contributed by atoms with Gasteiger partial charge in [0.15, 0.2) is 12.4 Å².